The number of nitro groups is 1. The van der Waals surface area contributed by atoms with Crippen LogP contribution in [0.2, 0.25) is 0 Å². The molecule has 1 atom stereocenters. The maximum absolute atomic E-state index is 11.4. The molecular weight excluding hydrogens is 256 g/mol. The second kappa shape index (κ2) is 5.83. The van der Waals surface area contributed by atoms with Crippen LogP contribution >= 0.6 is 0 Å². The molecule has 6 heteroatoms. The Hall–Kier alpha value is -2.21. The number of hydrogen-bond donors (Lipinski definition) is 2. The van der Waals surface area contributed by atoms with Crippen LogP contribution in [0.1, 0.15) is 13.8 Å². The Morgan fingerprint density at radius 3 is 2.75 bits per heavy atom. The summed E-state index contributed by atoms with van der Waals surface area (Å²) in [6.07, 6.45) is 1.62. The van der Waals surface area contributed by atoms with Gasteiger partial charge in [-0.3, -0.25) is 15.1 Å². The van der Waals surface area contributed by atoms with Crippen molar-refractivity contribution in [1.29, 1.82) is 0 Å². The number of nitrogens with one attached hydrogen (secondary N) is 1. The molecule has 1 aromatic carbocycles. The zero-order chi connectivity index (χ0) is 14.7. The Bertz CT molecular complexity index is 628. The van der Waals surface area contributed by atoms with Crippen LogP contribution in [0.3, 0.4) is 0 Å². The Balaban J connectivity index is 2.53. The van der Waals surface area contributed by atoms with Crippen LogP contribution in [-0.4, -0.2) is 22.5 Å². The van der Waals surface area contributed by atoms with Crippen LogP contribution in [0.15, 0.2) is 30.5 Å². The fourth-order valence-electron chi connectivity index (χ4n) is 2.15. The van der Waals surface area contributed by atoms with Crippen molar-refractivity contribution in [1.82, 2.24) is 4.98 Å². The predicted octanol–water partition coefficient (Wildman–Crippen LogP) is 2.54. The van der Waals surface area contributed by atoms with Crippen molar-refractivity contribution in [2.45, 2.75) is 19.9 Å². The molecule has 0 bridgehead atoms. The van der Waals surface area contributed by atoms with E-state index in [4.69, 9.17) is 5.73 Å². The summed E-state index contributed by atoms with van der Waals surface area (Å²) in [5, 5.41) is 15.1. The highest BCUT2D eigenvalue weighted by Crippen LogP contribution is 2.33. The van der Waals surface area contributed by atoms with Crippen molar-refractivity contribution in [3.05, 3.63) is 40.6 Å². The van der Waals surface area contributed by atoms with Gasteiger partial charge in [-0.25, -0.2) is 0 Å². The van der Waals surface area contributed by atoms with E-state index in [0.29, 0.717) is 23.1 Å². The summed E-state index contributed by atoms with van der Waals surface area (Å²) in [7, 11) is 0. The van der Waals surface area contributed by atoms with Crippen molar-refractivity contribution < 1.29 is 4.92 Å². The van der Waals surface area contributed by atoms with E-state index in [2.05, 4.69) is 10.3 Å². The molecule has 0 fully saturated rings. The van der Waals surface area contributed by atoms with Crippen LogP contribution in [0, 0.1) is 16.0 Å². The summed E-state index contributed by atoms with van der Waals surface area (Å²) < 4.78 is 0. The molecule has 20 heavy (non-hydrogen) atoms. The largest absolute Gasteiger partial charge is 0.375 e. The first kappa shape index (κ1) is 14.2. The summed E-state index contributed by atoms with van der Waals surface area (Å²) in [4.78, 5) is 15.2. The molecular formula is C14H18N4O2. The van der Waals surface area contributed by atoms with Gasteiger partial charge in [0, 0.05) is 18.8 Å². The first-order chi connectivity index (χ1) is 9.54. The third-order valence-electron chi connectivity index (χ3n) is 3.34. The fourth-order valence-corrected chi connectivity index (χ4v) is 2.15. The lowest BCUT2D eigenvalue weighted by molar-refractivity contribution is -0.382. The highest BCUT2D eigenvalue weighted by molar-refractivity contribution is 5.94. The SMILES string of the molecule is CC(C)C(CN)Nc1ccc2ncccc2c1[N+](=O)[O-]. The van der Waals surface area contributed by atoms with Crippen LogP contribution in [0.5, 0.6) is 0 Å². The molecule has 6 nitrogen and oxygen atoms in total. The topological polar surface area (TPSA) is 94.1 Å². The molecule has 0 saturated heterocycles. The highest BCUT2D eigenvalue weighted by Gasteiger charge is 2.21. The average molecular weight is 274 g/mol. The van der Waals surface area contributed by atoms with Gasteiger partial charge in [0.25, 0.3) is 0 Å². The summed E-state index contributed by atoms with van der Waals surface area (Å²) in [6, 6.07) is 6.86. The van der Waals surface area contributed by atoms with E-state index in [-0.39, 0.29) is 22.6 Å². The predicted molar refractivity (Wildman–Crippen MR) is 79.7 cm³/mol. The van der Waals surface area contributed by atoms with E-state index in [1.54, 1.807) is 30.5 Å². The van der Waals surface area contributed by atoms with Gasteiger partial charge < -0.3 is 11.1 Å². The molecule has 3 N–H and O–H groups in total. The van der Waals surface area contributed by atoms with Gasteiger partial charge in [0.15, 0.2) is 0 Å². The quantitative estimate of drug-likeness (QED) is 0.645. The van der Waals surface area contributed by atoms with Crippen molar-refractivity contribution >= 4 is 22.3 Å². The summed E-state index contributed by atoms with van der Waals surface area (Å²) in [5.41, 5.74) is 6.86. The molecule has 106 valence electrons. The van der Waals surface area contributed by atoms with E-state index in [9.17, 15) is 10.1 Å². The van der Waals surface area contributed by atoms with E-state index < -0.39 is 0 Å². The van der Waals surface area contributed by atoms with Crippen LogP contribution in [0.25, 0.3) is 10.9 Å². The zero-order valence-electron chi connectivity index (χ0n) is 11.5. The summed E-state index contributed by atoms with van der Waals surface area (Å²) in [6.45, 7) is 4.47. The minimum absolute atomic E-state index is 0.0113. The van der Waals surface area contributed by atoms with Gasteiger partial charge in [-0.05, 0) is 30.2 Å². The number of rotatable bonds is 5. The first-order valence-electron chi connectivity index (χ1n) is 6.53. The molecule has 0 saturated carbocycles. The lowest BCUT2D eigenvalue weighted by Crippen LogP contribution is -2.33. The van der Waals surface area contributed by atoms with Crippen LogP contribution < -0.4 is 11.1 Å². The molecule has 0 aliphatic carbocycles. The molecule has 0 aliphatic heterocycles. The van der Waals surface area contributed by atoms with Crippen molar-refractivity contribution in [3.8, 4) is 0 Å². The minimum atomic E-state index is -0.375. The summed E-state index contributed by atoms with van der Waals surface area (Å²) in [5.74, 6) is 0.282. The number of nitrogens with zero attached hydrogens (tertiary/aromatic N) is 2. The van der Waals surface area contributed by atoms with Gasteiger partial charge in [0.05, 0.1) is 15.8 Å². The van der Waals surface area contributed by atoms with Gasteiger partial charge in [-0.2, -0.15) is 0 Å². The smallest absolute Gasteiger partial charge is 0.301 e. The van der Waals surface area contributed by atoms with Crippen LogP contribution in [0.4, 0.5) is 11.4 Å². The van der Waals surface area contributed by atoms with Crippen LogP contribution in [-0.2, 0) is 0 Å². The van der Waals surface area contributed by atoms with E-state index in [1.807, 2.05) is 13.8 Å². The molecule has 0 aliphatic rings. The Kier molecular flexibility index (Phi) is 4.14. The number of fused-ring (bicyclic) bond motifs is 1. The maximum atomic E-state index is 11.4. The van der Waals surface area contributed by atoms with Crippen molar-refractivity contribution in [2.24, 2.45) is 11.7 Å². The number of hydrogen-bond acceptors (Lipinski definition) is 5. The molecule has 1 unspecified atom stereocenters. The number of nitrogens with two attached hydrogens (primary N) is 1. The second-order valence-electron chi connectivity index (χ2n) is 5.02. The van der Waals surface area contributed by atoms with Gasteiger partial charge in [-0.1, -0.05) is 13.8 Å². The van der Waals surface area contributed by atoms with Crippen molar-refractivity contribution in [2.75, 3.05) is 11.9 Å². The molecule has 2 aromatic rings. The van der Waals surface area contributed by atoms with Crippen molar-refractivity contribution in [3.63, 3.8) is 0 Å². The second-order valence-corrected chi connectivity index (χ2v) is 5.02. The van der Waals surface area contributed by atoms with Gasteiger partial charge in [0.1, 0.15) is 5.69 Å². The average Bonchev–Trinajstić information content (AvgIpc) is 2.43. The third-order valence-corrected chi connectivity index (χ3v) is 3.34. The summed E-state index contributed by atoms with van der Waals surface area (Å²) >= 11 is 0. The van der Waals surface area contributed by atoms with Gasteiger partial charge in [-0.15, -0.1) is 0 Å². The molecule has 0 radical (unpaired) electrons. The third kappa shape index (κ3) is 2.70. The first-order valence-corrected chi connectivity index (χ1v) is 6.53. The van der Waals surface area contributed by atoms with E-state index in [0.717, 1.165) is 0 Å². The lowest BCUT2D eigenvalue weighted by atomic mass is 10.0. The van der Waals surface area contributed by atoms with Gasteiger partial charge >= 0.3 is 5.69 Å². The normalized spacial score (nSPS) is 12.6. The zero-order valence-corrected chi connectivity index (χ0v) is 11.5. The molecule has 1 heterocycles. The molecule has 2 rings (SSSR count). The number of benzene rings is 1. The van der Waals surface area contributed by atoms with E-state index >= 15 is 0 Å². The van der Waals surface area contributed by atoms with E-state index in [1.165, 1.54) is 0 Å². The Labute approximate surface area is 117 Å². The molecule has 1 aromatic heterocycles. The molecule has 0 amide bonds. The lowest BCUT2D eigenvalue weighted by Gasteiger charge is -2.21. The Morgan fingerprint density at radius 2 is 2.15 bits per heavy atom. The fraction of sp³-hybridized carbons (Fsp3) is 0.357. The number of anilines is 1. The standard InChI is InChI=1S/C14H18N4O2/c1-9(2)13(8-15)17-12-6-5-11-10(4-3-7-16-11)14(12)18(19)20/h3-7,9,13,17H,8,15H2,1-2H3. The number of pyridine rings is 1. The minimum Gasteiger partial charge on any atom is -0.375 e. The highest BCUT2D eigenvalue weighted by atomic mass is 16.6. The Morgan fingerprint density at radius 1 is 1.40 bits per heavy atom. The number of aromatic nitrogens is 1. The number of nitro benzene ring substituents is 1. The monoisotopic (exact) mass is 274 g/mol. The van der Waals surface area contributed by atoms with Gasteiger partial charge in [0.2, 0.25) is 0 Å². The maximum Gasteiger partial charge on any atom is 0.301 e. The molecule has 0 spiro atoms.